The Balaban J connectivity index is 0.00000242. The van der Waals surface area contributed by atoms with Gasteiger partial charge in [-0.2, -0.15) is 0 Å². The molecule has 0 spiro atoms. The van der Waals surface area contributed by atoms with Gasteiger partial charge in [0.1, 0.15) is 0 Å². The van der Waals surface area contributed by atoms with Gasteiger partial charge in [0.15, 0.2) is 0 Å². The second-order valence-electron chi connectivity index (χ2n) is 5.88. The van der Waals surface area contributed by atoms with Crippen LogP contribution in [0.4, 0.5) is 0 Å². The minimum Gasteiger partial charge on any atom is -0.353 e. The summed E-state index contributed by atoms with van der Waals surface area (Å²) in [6.07, 6.45) is 3.80. The fraction of sp³-hybridized carbons (Fsp3) is 0.562. The first-order valence-electron chi connectivity index (χ1n) is 7.45. The van der Waals surface area contributed by atoms with Crippen molar-refractivity contribution in [2.45, 2.75) is 38.6 Å². The molecule has 0 bridgehead atoms. The van der Waals surface area contributed by atoms with E-state index in [4.69, 9.17) is 28.9 Å². The normalized spacial score (nSPS) is 22.0. The highest BCUT2D eigenvalue weighted by atomic mass is 35.5. The molecule has 124 valence electrons. The lowest BCUT2D eigenvalue weighted by atomic mass is 9.95. The Kier molecular flexibility index (Phi) is 7.98. The fourth-order valence-corrected chi connectivity index (χ4v) is 3.57. The molecule has 3 nitrogen and oxygen atoms in total. The van der Waals surface area contributed by atoms with E-state index < -0.39 is 0 Å². The van der Waals surface area contributed by atoms with E-state index in [2.05, 4.69) is 5.32 Å². The lowest BCUT2D eigenvalue weighted by molar-refractivity contribution is -0.126. The molecule has 1 unspecified atom stereocenters. The SMILES string of the molecule is CC(Cc1ccc(Cl)cc1Cl)NC(=O)[C@@H]1CCC[C@@H]1CN.Cl. The molecule has 1 fully saturated rings. The number of benzene rings is 1. The number of nitrogens with two attached hydrogens (primary N) is 1. The molecule has 3 atom stereocenters. The summed E-state index contributed by atoms with van der Waals surface area (Å²) < 4.78 is 0. The second-order valence-corrected chi connectivity index (χ2v) is 6.73. The second kappa shape index (κ2) is 8.97. The summed E-state index contributed by atoms with van der Waals surface area (Å²) >= 11 is 12.1. The van der Waals surface area contributed by atoms with Crippen LogP contribution >= 0.6 is 35.6 Å². The minimum absolute atomic E-state index is 0. The van der Waals surface area contributed by atoms with Gasteiger partial charge in [-0.15, -0.1) is 12.4 Å². The molecule has 6 heteroatoms. The smallest absolute Gasteiger partial charge is 0.223 e. The van der Waals surface area contributed by atoms with Crippen molar-refractivity contribution in [2.24, 2.45) is 17.6 Å². The van der Waals surface area contributed by atoms with Crippen molar-refractivity contribution in [3.63, 3.8) is 0 Å². The first-order chi connectivity index (χ1) is 10.0. The number of halogens is 3. The van der Waals surface area contributed by atoms with Crippen molar-refractivity contribution >= 4 is 41.5 Å². The zero-order valence-corrected chi connectivity index (χ0v) is 15.0. The van der Waals surface area contributed by atoms with Crippen LogP contribution in [-0.2, 0) is 11.2 Å². The number of carbonyl (C=O) groups excluding carboxylic acids is 1. The zero-order chi connectivity index (χ0) is 15.4. The Labute approximate surface area is 148 Å². The highest BCUT2D eigenvalue weighted by Gasteiger charge is 2.32. The number of hydrogen-bond donors (Lipinski definition) is 2. The quantitative estimate of drug-likeness (QED) is 0.833. The summed E-state index contributed by atoms with van der Waals surface area (Å²) in [5.41, 5.74) is 6.74. The van der Waals surface area contributed by atoms with Gasteiger partial charge in [-0.3, -0.25) is 4.79 Å². The molecule has 1 aromatic rings. The predicted molar refractivity (Wildman–Crippen MR) is 94.9 cm³/mol. The molecule has 0 heterocycles. The van der Waals surface area contributed by atoms with Gasteiger partial charge in [0, 0.05) is 22.0 Å². The molecule has 0 aromatic heterocycles. The molecule has 1 amide bonds. The van der Waals surface area contributed by atoms with Gasteiger partial charge in [-0.25, -0.2) is 0 Å². The maximum atomic E-state index is 12.3. The lowest BCUT2D eigenvalue weighted by Crippen LogP contribution is -2.40. The van der Waals surface area contributed by atoms with Gasteiger partial charge < -0.3 is 11.1 Å². The van der Waals surface area contributed by atoms with E-state index in [-0.39, 0.29) is 30.3 Å². The zero-order valence-electron chi connectivity index (χ0n) is 12.6. The summed E-state index contributed by atoms with van der Waals surface area (Å²) in [7, 11) is 0. The molecular formula is C16H23Cl3N2O. The van der Waals surface area contributed by atoms with Gasteiger partial charge in [0.25, 0.3) is 0 Å². The van der Waals surface area contributed by atoms with E-state index in [0.717, 1.165) is 24.8 Å². The largest absolute Gasteiger partial charge is 0.353 e. The van der Waals surface area contributed by atoms with Gasteiger partial charge >= 0.3 is 0 Å². The van der Waals surface area contributed by atoms with E-state index >= 15 is 0 Å². The number of hydrogen-bond acceptors (Lipinski definition) is 2. The monoisotopic (exact) mass is 364 g/mol. The average Bonchev–Trinajstić information content (AvgIpc) is 2.90. The molecule has 2 rings (SSSR count). The maximum absolute atomic E-state index is 12.3. The van der Waals surface area contributed by atoms with E-state index in [1.54, 1.807) is 6.07 Å². The van der Waals surface area contributed by atoms with Crippen molar-refractivity contribution in [1.29, 1.82) is 0 Å². The molecule has 0 saturated heterocycles. The fourth-order valence-electron chi connectivity index (χ4n) is 3.08. The van der Waals surface area contributed by atoms with E-state index in [9.17, 15) is 4.79 Å². The number of carbonyl (C=O) groups is 1. The lowest BCUT2D eigenvalue weighted by Gasteiger charge is -2.21. The molecule has 1 aromatic carbocycles. The molecule has 1 saturated carbocycles. The van der Waals surface area contributed by atoms with Gasteiger partial charge in [-0.1, -0.05) is 35.7 Å². The first-order valence-corrected chi connectivity index (χ1v) is 8.21. The number of amides is 1. The molecule has 22 heavy (non-hydrogen) atoms. The van der Waals surface area contributed by atoms with Crippen LogP contribution < -0.4 is 11.1 Å². The summed E-state index contributed by atoms with van der Waals surface area (Å²) in [6, 6.07) is 5.49. The summed E-state index contributed by atoms with van der Waals surface area (Å²) in [5, 5.41) is 4.36. The summed E-state index contributed by atoms with van der Waals surface area (Å²) in [5.74, 6) is 0.523. The third-order valence-corrected chi connectivity index (χ3v) is 4.82. The average molecular weight is 366 g/mol. The van der Waals surface area contributed by atoms with Crippen LogP contribution in [0, 0.1) is 11.8 Å². The molecule has 3 N–H and O–H groups in total. The van der Waals surface area contributed by atoms with Crippen molar-refractivity contribution in [1.82, 2.24) is 5.32 Å². The predicted octanol–water partition coefficient (Wildman–Crippen LogP) is 3.84. The van der Waals surface area contributed by atoms with E-state index in [1.165, 1.54) is 0 Å². The Bertz CT molecular complexity index is 510. The Morgan fingerprint density at radius 1 is 1.41 bits per heavy atom. The first kappa shape index (κ1) is 19.6. The maximum Gasteiger partial charge on any atom is 0.223 e. The Hall–Kier alpha value is -0.480. The van der Waals surface area contributed by atoms with Gasteiger partial charge in [0.05, 0.1) is 0 Å². The summed E-state index contributed by atoms with van der Waals surface area (Å²) in [4.78, 5) is 12.3. The van der Waals surface area contributed by atoms with Gasteiger partial charge in [0.2, 0.25) is 5.91 Å². The van der Waals surface area contributed by atoms with Crippen molar-refractivity contribution in [3.8, 4) is 0 Å². The molecule has 0 aliphatic heterocycles. The van der Waals surface area contributed by atoms with Crippen molar-refractivity contribution in [2.75, 3.05) is 6.54 Å². The van der Waals surface area contributed by atoms with Crippen molar-refractivity contribution in [3.05, 3.63) is 33.8 Å². The van der Waals surface area contributed by atoms with E-state index in [1.807, 2.05) is 19.1 Å². The van der Waals surface area contributed by atoms with Crippen LogP contribution in [0.5, 0.6) is 0 Å². The molecule has 1 aliphatic rings. The Morgan fingerprint density at radius 2 is 2.14 bits per heavy atom. The molecule has 0 radical (unpaired) electrons. The third kappa shape index (κ3) is 5.02. The van der Waals surface area contributed by atoms with Crippen molar-refractivity contribution < 1.29 is 4.79 Å². The molecular weight excluding hydrogens is 343 g/mol. The van der Waals surface area contributed by atoms with Crippen LogP contribution in [0.25, 0.3) is 0 Å². The topological polar surface area (TPSA) is 55.1 Å². The number of nitrogens with one attached hydrogen (secondary N) is 1. The highest BCUT2D eigenvalue weighted by molar-refractivity contribution is 6.35. The number of rotatable bonds is 5. The Morgan fingerprint density at radius 3 is 2.77 bits per heavy atom. The van der Waals surface area contributed by atoms with Gasteiger partial charge in [-0.05, 0) is 56.3 Å². The molecule has 1 aliphatic carbocycles. The van der Waals surface area contributed by atoms with Crippen LogP contribution in [0.3, 0.4) is 0 Å². The highest BCUT2D eigenvalue weighted by Crippen LogP contribution is 2.31. The minimum atomic E-state index is 0. The van der Waals surface area contributed by atoms with Crippen LogP contribution in [0.2, 0.25) is 10.0 Å². The van der Waals surface area contributed by atoms with Crippen LogP contribution in [0.1, 0.15) is 31.7 Å². The van der Waals surface area contributed by atoms with E-state index in [0.29, 0.717) is 28.9 Å². The third-order valence-electron chi connectivity index (χ3n) is 4.23. The van der Waals surface area contributed by atoms with Crippen LogP contribution in [0.15, 0.2) is 18.2 Å². The standard InChI is InChI=1S/C16H22Cl2N2O.ClH/c1-10(7-11-5-6-13(17)8-15(11)18)20-16(21)14-4-2-3-12(14)9-19;/h5-6,8,10,12,14H,2-4,7,9,19H2,1H3,(H,20,21);1H/t10?,12-,14-;/m1./s1. The van der Waals surface area contributed by atoms with Crippen LogP contribution in [-0.4, -0.2) is 18.5 Å². The summed E-state index contributed by atoms with van der Waals surface area (Å²) in [6.45, 7) is 2.59.